The van der Waals surface area contributed by atoms with Gasteiger partial charge in [-0.1, -0.05) is 0 Å². The lowest BCUT2D eigenvalue weighted by Gasteiger charge is -2.17. The molecule has 1 atom stereocenters. The van der Waals surface area contributed by atoms with Crippen molar-refractivity contribution in [3.05, 3.63) is 52.4 Å². The smallest absolute Gasteiger partial charge is 0.254 e. The molecule has 0 radical (unpaired) electrons. The van der Waals surface area contributed by atoms with Gasteiger partial charge < -0.3 is 24.3 Å². The standard InChI is InChI=1S/C21H25N3O5/c1-14-10-18(29-3)12-20(26)23(14)9-8-22-21(27)15-11-19(25)24(13-15)16-4-6-17(28-2)7-5-16/h4-7,10,12,15H,8-9,11,13H2,1-3H3,(H,22,27). The zero-order valence-electron chi connectivity index (χ0n) is 16.8. The largest absolute Gasteiger partial charge is 0.497 e. The molecular weight excluding hydrogens is 374 g/mol. The van der Waals surface area contributed by atoms with E-state index in [-0.39, 0.29) is 23.8 Å². The maximum atomic E-state index is 12.5. The van der Waals surface area contributed by atoms with Gasteiger partial charge in [0.2, 0.25) is 11.8 Å². The van der Waals surface area contributed by atoms with Gasteiger partial charge in [0.15, 0.2) is 0 Å². The summed E-state index contributed by atoms with van der Waals surface area (Å²) < 4.78 is 11.8. The first-order valence-electron chi connectivity index (χ1n) is 9.40. The van der Waals surface area contributed by atoms with Gasteiger partial charge in [-0.25, -0.2) is 0 Å². The summed E-state index contributed by atoms with van der Waals surface area (Å²) in [5, 5.41) is 2.84. The lowest BCUT2D eigenvalue weighted by Crippen LogP contribution is -2.36. The lowest BCUT2D eigenvalue weighted by atomic mass is 10.1. The molecule has 1 unspecified atom stereocenters. The summed E-state index contributed by atoms with van der Waals surface area (Å²) in [6.07, 6.45) is 0.166. The molecule has 2 amide bonds. The number of benzene rings is 1. The fourth-order valence-corrected chi connectivity index (χ4v) is 3.43. The molecule has 1 N–H and O–H groups in total. The number of nitrogens with zero attached hydrogens (tertiary/aromatic N) is 2. The first kappa shape index (κ1) is 20.4. The van der Waals surface area contributed by atoms with Gasteiger partial charge in [0.1, 0.15) is 11.5 Å². The van der Waals surface area contributed by atoms with Crippen LogP contribution in [0.1, 0.15) is 12.1 Å². The number of aromatic nitrogens is 1. The quantitative estimate of drug-likeness (QED) is 0.759. The number of rotatable bonds is 7. The van der Waals surface area contributed by atoms with Crippen molar-refractivity contribution in [3.8, 4) is 11.5 Å². The maximum absolute atomic E-state index is 12.5. The van der Waals surface area contributed by atoms with Gasteiger partial charge in [0.25, 0.3) is 5.56 Å². The Balaban J connectivity index is 1.56. The fraction of sp³-hybridized carbons (Fsp3) is 0.381. The van der Waals surface area contributed by atoms with Gasteiger partial charge in [0, 0.05) is 43.5 Å². The molecule has 8 nitrogen and oxygen atoms in total. The van der Waals surface area contributed by atoms with Crippen LogP contribution in [0.4, 0.5) is 5.69 Å². The molecule has 1 aromatic carbocycles. The predicted molar refractivity (Wildman–Crippen MR) is 108 cm³/mol. The third-order valence-corrected chi connectivity index (χ3v) is 5.06. The number of amides is 2. The third kappa shape index (κ3) is 4.59. The minimum atomic E-state index is -0.418. The summed E-state index contributed by atoms with van der Waals surface area (Å²) in [5.74, 6) is 0.527. The summed E-state index contributed by atoms with van der Waals surface area (Å²) in [6.45, 7) is 2.80. The minimum absolute atomic E-state index is 0.0856. The van der Waals surface area contributed by atoms with E-state index < -0.39 is 5.92 Å². The van der Waals surface area contributed by atoms with Crippen LogP contribution in [0, 0.1) is 12.8 Å². The van der Waals surface area contributed by atoms with E-state index in [0.717, 1.165) is 11.4 Å². The highest BCUT2D eigenvalue weighted by molar-refractivity contribution is 6.00. The van der Waals surface area contributed by atoms with Crippen LogP contribution in [0.25, 0.3) is 0 Å². The third-order valence-electron chi connectivity index (χ3n) is 5.06. The second-order valence-electron chi connectivity index (χ2n) is 6.92. The maximum Gasteiger partial charge on any atom is 0.254 e. The van der Waals surface area contributed by atoms with Crippen LogP contribution in [-0.4, -0.2) is 43.7 Å². The number of aryl methyl sites for hydroxylation is 1. The zero-order valence-corrected chi connectivity index (χ0v) is 16.8. The van der Waals surface area contributed by atoms with Crippen LogP contribution in [0.3, 0.4) is 0 Å². The van der Waals surface area contributed by atoms with Crippen LogP contribution < -0.4 is 25.2 Å². The Labute approximate surface area is 169 Å². The molecule has 8 heteroatoms. The Hall–Kier alpha value is -3.29. The number of ether oxygens (including phenoxy) is 2. The van der Waals surface area contributed by atoms with Gasteiger partial charge in [-0.2, -0.15) is 0 Å². The normalized spacial score (nSPS) is 16.0. The molecule has 0 aliphatic carbocycles. The molecule has 0 saturated carbocycles. The Morgan fingerprint density at radius 3 is 2.41 bits per heavy atom. The molecule has 1 aliphatic rings. The molecule has 1 saturated heterocycles. The van der Waals surface area contributed by atoms with Crippen LogP contribution in [0.5, 0.6) is 11.5 Å². The molecule has 0 bridgehead atoms. The Bertz CT molecular complexity index is 952. The average Bonchev–Trinajstić information content (AvgIpc) is 3.11. The van der Waals surface area contributed by atoms with Crippen molar-refractivity contribution in [3.63, 3.8) is 0 Å². The molecule has 2 aromatic rings. The first-order chi connectivity index (χ1) is 13.9. The Morgan fingerprint density at radius 1 is 1.10 bits per heavy atom. The van der Waals surface area contributed by atoms with E-state index >= 15 is 0 Å². The van der Waals surface area contributed by atoms with E-state index in [1.54, 1.807) is 46.9 Å². The highest BCUT2D eigenvalue weighted by Gasteiger charge is 2.34. The van der Waals surface area contributed by atoms with Gasteiger partial charge in [-0.05, 0) is 37.3 Å². The zero-order chi connectivity index (χ0) is 21.0. The molecule has 2 heterocycles. The molecule has 1 aliphatic heterocycles. The molecule has 29 heavy (non-hydrogen) atoms. The molecule has 1 aromatic heterocycles. The van der Waals surface area contributed by atoms with Gasteiger partial charge in [-0.15, -0.1) is 0 Å². The highest BCUT2D eigenvalue weighted by Crippen LogP contribution is 2.26. The van der Waals surface area contributed by atoms with Gasteiger partial charge in [-0.3, -0.25) is 14.4 Å². The number of nitrogens with one attached hydrogen (secondary N) is 1. The van der Waals surface area contributed by atoms with E-state index in [0.29, 0.717) is 31.1 Å². The van der Waals surface area contributed by atoms with Crippen LogP contribution in [0.2, 0.25) is 0 Å². The first-order valence-corrected chi connectivity index (χ1v) is 9.40. The monoisotopic (exact) mass is 399 g/mol. The van der Waals surface area contributed by atoms with Crippen molar-refractivity contribution in [2.75, 3.05) is 32.2 Å². The Morgan fingerprint density at radius 2 is 1.79 bits per heavy atom. The predicted octanol–water partition coefficient (Wildman–Crippen LogP) is 1.34. The van der Waals surface area contributed by atoms with Crippen molar-refractivity contribution in [2.45, 2.75) is 19.9 Å². The topological polar surface area (TPSA) is 89.9 Å². The Kier molecular flexibility index (Phi) is 6.21. The summed E-state index contributed by atoms with van der Waals surface area (Å²) in [4.78, 5) is 38.6. The number of carbonyl (C=O) groups is 2. The SMILES string of the molecule is COc1ccc(N2CC(C(=O)NCCn3c(C)cc(OC)cc3=O)CC2=O)cc1. The number of hydrogen-bond acceptors (Lipinski definition) is 5. The van der Waals surface area contributed by atoms with Gasteiger partial charge >= 0.3 is 0 Å². The summed E-state index contributed by atoms with van der Waals surface area (Å²) in [6, 6.07) is 10.4. The number of anilines is 1. The molecular formula is C21H25N3O5. The van der Waals surface area contributed by atoms with E-state index in [1.165, 1.54) is 13.2 Å². The highest BCUT2D eigenvalue weighted by atomic mass is 16.5. The van der Waals surface area contributed by atoms with Crippen molar-refractivity contribution in [1.82, 2.24) is 9.88 Å². The minimum Gasteiger partial charge on any atom is -0.497 e. The van der Waals surface area contributed by atoms with E-state index in [2.05, 4.69) is 5.32 Å². The van der Waals surface area contributed by atoms with E-state index in [9.17, 15) is 14.4 Å². The fourth-order valence-electron chi connectivity index (χ4n) is 3.43. The number of methoxy groups -OCH3 is 2. The lowest BCUT2D eigenvalue weighted by molar-refractivity contribution is -0.126. The second-order valence-corrected chi connectivity index (χ2v) is 6.92. The molecule has 3 rings (SSSR count). The number of carbonyl (C=O) groups excluding carboxylic acids is 2. The second kappa shape index (κ2) is 8.81. The van der Waals surface area contributed by atoms with Crippen molar-refractivity contribution in [1.29, 1.82) is 0 Å². The van der Waals surface area contributed by atoms with Crippen LogP contribution in [0.15, 0.2) is 41.2 Å². The summed E-state index contributed by atoms with van der Waals surface area (Å²) in [5.41, 5.74) is 1.31. The molecule has 154 valence electrons. The number of pyridine rings is 1. The summed E-state index contributed by atoms with van der Waals surface area (Å²) in [7, 11) is 3.09. The van der Waals surface area contributed by atoms with Crippen LogP contribution >= 0.6 is 0 Å². The van der Waals surface area contributed by atoms with E-state index in [4.69, 9.17) is 9.47 Å². The van der Waals surface area contributed by atoms with E-state index in [1.807, 2.05) is 6.92 Å². The van der Waals surface area contributed by atoms with Crippen molar-refractivity contribution in [2.24, 2.45) is 5.92 Å². The van der Waals surface area contributed by atoms with Gasteiger partial charge in [0.05, 0.1) is 20.1 Å². The summed E-state index contributed by atoms with van der Waals surface area (Å²) >= 11 is 0. The number of hydrogen-bond donors (Lipinski definition) is 1. The van der Waals surface area contributed by atoms with Crippen molar-refractivity contribution >= 4 is 17.5 Å². The molecule has 1 fully saturated rings. The average molecular weight is 399 g/mol. The molecule has 0 spiro atoms. The van der Waals surface area contributed by atoms with Crippen molar-refractivity contribution < 1.29 is 19.1 Å². The van der Waals surface area contributed by atoms with Crippen LogP contribution in [-0.2, 0) is 16.1 Å².